The Hall–Kier alpha value is -0.380. The monoisotopic (exact) mass is 242 g/mol. The van der Waals surface area contributed by atoms with Crippen LogP contribution in [0.4, 0.5) is 5.69 Å². The van der Waals surface area contributed by atoms with E-state index in [1.807, 2.05) is 11.8 Å². The Balaban J connectivity index is 0.000000853. The molecule has 15 heavy (non-hydrogen) atoms. The van der Waals surface area contributed by atoms with E-state index in [1.54, 1.807) is 0 Å². The van der Waals surface area contributed by atoms with E-state index in [0.717, 1.165) is 13.1 Å². The molecule has 2 nitrogen and oxygen atoms in total. The molecule has 1 fully saturated rings. The fraction of sp³-hybridized carbons (Fsp3) is 0.455. The maximum Gasteiger partial charge on any atom is 0.0905 e. The van der Waals surface area contributed by atoms with Crippen molar-refractivity contribution >= 4 is 29.9 Å². The van der Waals surface area contributed by atoms with Crippen molar-refractivity contribution in [2.45, 2.75) is 22.6 Å². The summed E-state index contributed by atoms with van der Waals surface area (Å²) in [6, 6.07) is 8.61. The lowest BCUT2D eigenvalue weighted by Gasteiger charge is -2.33. The summed E-state index contributed by atoms with van der Waals surface area (Å²) in [4.78, 5) is 1.70. The standard InChI is InChI=1S/C11H14N2S.ClH/c1-2-4-10-9(3-1)13-11(14-10)5-7-12-8-6-11;/h1-4,12-13H,5-8H2;1H. The summed E-state index contributed by atoms with van der Waals surface area (Å²) in [5, 5.41) is 7.08. The topological polar surface area (TPSA) is 24.1 Å². The lowest BCUT2D eigenvalue weighted by molar-refractivity contribution is 0.451. The van der Waals surface area contributed by atoms with Crippen molar-refractivity contribution in [2.24, 2.45) is 0 Å². The van der Waals surface area contributed by atoms with Crippen LogP contribution in [-0.2, 0) is 0 Å². The Morgan fingerprint density at radius 2 is 1.87 bits per heavy atom. The fourth-order valence-electron chi connectivity index (χ4n) is 2.20. The third-order valence-corrected chi connectivity index (χ3v) is 4.44. The minimum Gasteiger partial charge on any atom is -0.369 e. The molecule has 2 aliphatic rings. The van der Waals surface area contributed by atoms with Crippen LogP contribution in [0.3, 0.4) is 0 Å². The van der Waals surface area contributed by atoms with E-state index in [9.17, 15) is 0 Å². The Morgan fingerprint density at radius 3 is 2.60 bits per heavy atom. The van der Waals surface area contributed by atoms with Gasteiger partial charge in [0.1, 0.15) is 0 Å². The summed E-state index contributed by atoms with van der Waals surface area (Å²) in [7, 11) is 0. The van der Waals surface area contributed by atoms with Crippen LogP contribution in [0.15, 0.2) is 29.2 Å². The van der Waals surface area contributed by atoms with Gasteiger partial charge in [0.25, 0.3) is 0 Å². The van der Waals surface area contributed by atoms with E-state index in [1.165, 1.54) is 23.4 Å². The average Bonchev–Trinajstić information content (AvgIpc) is 2.56. The van der Waals surface area contributed by atoms with Gasteiger partial charge in [-0.15, -0.1) is 12.4 Å². The van der Waals surface area contributed by atoms with Gasteiger partial charge in [0, 0.05) is 10.6 Å². The van der Waals surface area contributed by atoms with E-state index in [2.05, 4.69) is 34.9 Å². The molecule has 1 aromatic carbocycles. The molecule has 0 aliphatic carbocycles. The van der Waals surface area contributed by atoms with Gasteiger partial charge in [0.2, 0.25) is 0 Å². The maximum atomic E-state index is 3.67. The molecule has 0 amide bonds. The smallest absolute Gasteiger partial charge is 0.0905 e. The highest BCUT2D eigenvalue weighted by atomic mass is 35.5. The normalized spacial score (nSPS) is 21.6. The Labute approximate surface area is 101 Å². The molecule has 3 rings (SSSR count). The fourth-order valence-corrected chi connectivity index (χ4v) is 3.56. The van der Waals surface area contributed by atoms with Crippen LogP contribution in [0.25, 0.3) is 0 Å². The van der Waals surface area contributed by atoms with Crippen molar-refractivity contribution in [2.75, 3.05) is 18.4 Å². The maximum absolute atomic E-state index is 3.67. The van der Waals surface area contributed by atoms with Gasteiger partial charge < -0.3 is 10.6 Å². The molecule has 2 N–H and O–H groups in total. The average molecular weight is 243 g/mol. The van der Waals surface area contributed by atoms with Gasteiger partial charge in [-0.3, -0.25) is 0 Å². The SMILES string of the molecule is Cl.c1ccc2c(c1)NC1(CCNCC1)S2. The highest BCUT2D eigenvalue weighted by molar-refractivity contribution is 8.01. The molecule has 1 saturated heterocycles. The molecular formula is C11H15ClN2S. The van der Waals surface area contributed by atoms with E-state index in [4.69, 9.17) is 0 Å². The molecule has 0 unspecified atom stereocenters. The number of thioether (sulfide) groups is 1. The van der Waals surface area contributed by atoms with Gasteiger partial charge in [-0.05, 0) is 38.1 Å². The number of fused-ring (bicyclic) bond motifs is 1. The first-order valence-electron chi connectivity index (χ1n) is 5.15. The van der Waals surface area contributed by atoms with Gasteiger partial charge in [-0.2, -0.15) is 0 Å². The molecule has 2 aliphatic heterocycles. The summed E-state index contributed by atoms with van der Waals surface area (Å²) in [6.45, 7) is 2.27. The van der Waals surface area contributed by atoms with Gasteiger partial charge in [-0.1, -0.05) is 23.9 Å². The summed E-state index contributed by atoms with van der Waals surface area (Å²) in [6.07, 6.45) is 2.43. The van der Waals surface area contributed by atoms with E-state index in [0.29, 0.717) is 0 Å². The molecule has 1 spiro atoms. The predicted molar refractivity (Wildman–Crippen MR) is 68.0 cm³/mol. The molecule has 0 radical (unpaired) electrons. The molecular weight excluding hydrogens is 228 g/mol. The highest BCUT2D eigenvalue weighted by Crippen LogP contribution is 2.49. The minimum absolute atomic E-state index is 0. The van der Waals surface area contributed by atoms with Crippen LogP contribution in [0, 0.1) is 0 Å². The minimum atomic E-state index is 0. The predicted octanol–water partition coefficient (Wildman–Crippen LogP) is 2.71. The number of rotatable bonds is 0. The number of nitrogens with one attached hydrogen (secondary N) is 2. The molecule has 1 aromatic rings. The zero-order valence-corrected chi connectivity index (χ0v) is 10.1. The van der Waals surface area contributed by atoms with Crippen LogP contribution < -0.4 is 10.6 Å². The van der Waals surface area contributed by atoms with Crippen LogP contribution in [0.2, 0.25) is 0 Å². The second-order valence-corrected chi connectivity index (χ2v) is 5.39. The quantitative estimate of drug-likeness (QED) is 0.732. The number of piperidine rings is 1. The zero-order chi connectivity index (χ0) is 9.43. The zero-order valence-electron chi connectivity index (χ0n) is 8.45. The molecule has 4 heteroatoms. The summed E-state index contributed by atoms with van der Waals surface area (Å²) in [5.41, 5.74) is 1.32. The molecule has 0 aromatic heterocycles. The van der Waals surface area contributed by atoms with E-state index >= 15 is 0 Å². The lowest BCUT2D eigenvalue weighted by atomic mass is 10.1. The largest absolute Gasteiger partial charge is 0.369 e. The third kappa shape index (κ3) is 1.96. The van der Waals surface area contributed by atoms with E-state index < -0.39 is 0 Å². The van der Waals surface area contributed by atoms with Crippen molar-refractivity contribution in [3.05, 3.63) is 24.3 Å². The van der Waals surface area contributed by atoms with Crippen molar-refractivity contribution in [1.29, 1.82) is 0 Å². The molecule has 2 heterocycles. The van der Waals surface area contributed by atoms with Crippen LogP contribution in [0.1, 0.15) is 12.8 Å². The molecule has 82 valence electrons. The van der Waals surface area contributed by atoms with Crippen molar-refractivity contribution in [1.82, 2.24) is 5.32 Å². The van der Waals surface area contributed by atoms with Crippen molar-refractivity contribution in [3.8, 4) is 0 Å². The molecule has 0 atom stereocenters. The third-order valence-electron chi connectivity index (χ3n) is 2.97. The van der Waals surface area contributed by atoms with E-state index in [-0.39, 0.29) is 17.3 Å². The summed E-state index contributed by atoms with van der Waals surface area (Å²) >= 11 is 2.01. The molecule has 0 saturated carbocycles. The second kappa shape index (κ2) is 4.24. The number of para-hydroxylation sites is 1. The number of anilines is 1. The number of halogens is 1. The van der Waals surface area contributed by atoms with Crippen molar-refractivity contribution < 1.29 is 0 Å². The Morgan fingerprint density at radius 1 is 1.13 bits per heavy atom. The van der Waals surface area contributed by atoms with Gasteiger partial charge in [0.05, 0.1) is 4.87 Å². The Kier molecular flexibility index (Phi) is 3.14. The number of hydrogen-bond donors (Lipinski definition) is 2. The second-order valence-electron chi connectivity index (χ2n) is 3.97. The van der Waals surface area contributed by atoms with Gasteiger partial charge in [-0.25, -0.2) is 0 Å². The number of hydrogen-bond acceptors (Lipinski definition) is 3. The molecule has 0 bridgehead atoms. The first-order chi connectivity index (χ1) is 6.88. The summed E-state index contributed by atoms with van der Waals surface area (Å²) in [5.74, 6) is 0. The Bertz CT molecular complexity index is 323. The number of benzene rings is 1. The van der Waals surface area contributed by atoms with Crippen LogP contribution in [0.5, 0.6) is 0 Å². The first-order valence-corrected chi connectivity index (χ1v) is 5.97. The van der Waals surface area contributed by atoms with Crippen LogP contribution in [-0.4, -0.2) is 18.0 Å². The highest BCUT2D eigenvalue weighted by Gasteiger charge is 2.38. The first kappa shape index (κ1) is 11.1. The van der Waals surface area contributed by atoms with Gasteiger partial charge >= 0.3 is 0 Å². The van der Waals surface area contributed by atoms with Gasteiger partial charge in [0.15, 0.2) is 0 Å². The van der Waals surface area contributed by atoms with Crippen LogP contribution >= 0.6 is 24.2 Å². The summed E-state index contributed by atoms with van der Waals surface area (Å²) < 4.78 is 0. The van der Waals surface area contributed by atoms with Crippen molar-refractivity contribution in [3.63, 3.8) is 0 Å². The lowest BCUT2D eigenvalue weighted by Crippen LogP contribution is -2.42.